The van der Waals surface area contributed by atoms with Gasteiger partial charge in [0, 0.05) is 23.6 Å². The third-order valence-corrected chi connectivity index (χ3v) is 6.62. The fourth-order valence-electron chi connectivity index (χ4n) is 3.00. The van der Waals surface area contributed by atoms with Gasteiger partial charge in [0.15, 0.2) is 0 Å². The van der Waals surface area contributed by atoms with Crippen LogP contribution in [-0.2, 0) is 22.3 Å². The van der Waals surface area contributed by atoms with Gasteiger partial charge in [-0.05, 0) is 28.5 Å². The van der Waals surface area contributed by atoms with Crippen molar-refractivity contribution in [3.05, 3.63) is 58.4 Å². The number of amides is 1. The predicted molar refractivity (Wildman–Crippen MR) is 125 cm³/mol. The highest BCUT2D eigenvalue weighted by atomic mass is 32.2. The van der Waals surface area contributed by atoms with Crippen LogP contribution in [0.2, 0.25) is 0 Å². The third-order valence-electron chi connectivity index (χ3n) is 4.78. The molecular formula is C22H28N4O2S2. The Balaban J connectivity index is 1.74. The van der Waals surface area contributed by atoms with Crippen molar-refractivity contribution in [2.24, 2.45) is 0 Å². The fourth-order valence-corrected chi connectivity index (χ4v) is 4.22. The molecule has 0 saturated heterocycles. The van der Waals surface area contributed by atoms with E-state index in [9.17, 15) is 9.00 Å². The van der Waals surface area contributed by atoms with Gasteiger partial charge in [0.1, 0.15) is 11.0 Å². The highest BCUT2D eigenvalue weighted by Crippen LogP contribution is 2.24. The van der Waals surface area contributed by atoms with Crippen LogP contribution in [0.25, 0.3) is 11.3 Å². The van der Waals surface area contributed by atoms with Crippen LogP contribution in [0.3, 0.4) is 0 Å². The maximum absolute atomic E-state index is 12.1. The van der Waals surface area contributed by atoms with E-state index in [-0.39, 0.29) is 12.3 Å². The minimum Gasteiger partial charge on any atom is -0.337 e. The molecule has 0 bridgehead atoms. The molecule has 8 heteroatoms. The van der Waals surface area contributed by atoms with Crippen LogP contribution in [-0.4, -0.2) is 32.4 Å². The van der Waals surface area contributed by atoms with E-state index >= 15 is 0 Å². The number of nitrogens with one attached hydrogen (secondary N) is 2. The molecule has 3 aromatic rings. The maximum atomic E-state index is 12.1. The van der Waals surface area contributed by atoms with Gasteiger partial charge in [-0.2, -0.15) is 0 Å². The minimum absolute atomic E-state index is 0.220. The maximum Gasteiger partial charge on any atom is 0.233 e. The number of hydrogen-bond donors (Lipinski definition) is 2. The quantitative estimate of drug-likeness (QED) is 0.484. The van der Waals surface area contributed by atoms with Crippen LogP contribution in [0.1, 0.15) is 43.6 Å². The Labute approximate surface area is 184 Å². The largest absolute Gasteiger partial charge is 0.337 e. The zero-order chi connectivity index (χ0) is 21.5. The second kappa shape index (κ2) is 10.5. The highest BCUT2D eigenvalue weighted by Gasteiger charge is 2.15. The van der Waals surface area contributed by atoms with E-state index in [0.29, 0.717) is 24.8 Å². The molecule has 0 fully saturated rings. The molecule has 6 nitrogen and oxygen atoms in total. The summed E-state index contributed by atoms with van der Waals surface area (Å²) in [6.07, 6.45) is 2.07. The molecule has 0 aliphatic rings. The topological polar surface area (TPSA) is 78.1 Å². The molecule has 2 aromatic heterocycles. The van der Waals surface area contributed by atoms with Crippen LogP contribution in [0, 0.1) is 0 Å². The van der Waals surface area contributed by atoms with Crippen LogP contribution in [0.5, 0.6) is 0 Å². The van der Waals surface area contributed by atoms with Crippen molar-refractivity contribution in [2.75, 3.05) is 17.2 Å². The molecule has 3 rings (SSSR count). The lowest BCUT2D eigenvalue weighted by atomic mass is 10.0. The van der Waals surface area contributed by atoms with Crippen molar-refractivity contribution in [3.8, 4) is 11.3 Å². The van der Waals surface area contributed by atoms with E-state index in [1.165, 1.54) is 10.4 Å². The summed E-state index contributed by atoms with van der Waals surface area (Å²) in [6, 6.07) is 12.6. The normalized spacial score (nSPS) is 12.1. The summed E-state index contributed by atoms with van der Waals surface area (Å²) < 4.78 is 14.1. The molecule has 0 saturated carbocycles. The van der Waals surface area contributed by atoms with Gasteiger partial charge in [-0.15, -0.1) is 11.3 Å². The van der Waals surface area contributed by atoms with Gasteiger partial charge in [0.05, 0.1) is 18.4 Å². The van der Waals surface area contributed by atoms with Gasteiger partial charge >= 0.3 is 0 Å². The second-order valence-electron chi connectivity index (χ2n) is 7.31. The second-order valence-corrected chi connectivity index (χ2v) is 9.81. The molecular weight excluding hydrogens is 416 g/mol. The van der Waals surface area contributed by atoms with E-state index in [4.69, 9.17) is 0 Å². The number of imidazole rings is 1. The molecule has 1 atom stereocenters. The molecule has 2 heterocycles. The molecule has 160 valence electrons. The van der Waals surface area contributed by atoms with E-state index in [2.05, 4.69) is 58.9 Å². The first-order valence-electron chi connectivity index (χ1n) is 10.1. The number of carbonyl (C=O) groups is 1. The van der Waals surface area contributed by atoms with Crippen molar-refractivity contribution in [1.29, 1.82) is 0 Å². The van der Waals surface area contributed by atoms with Crippen LogP contribution < -0.4 is 9.62 Å². The van der Waals surface area contributed by atoms with E-state index < -0.39 is 11.0 Å². The first-order chi connectivity index (χ1) is 14.5. The summed E-state index contributed by atoms with van der Waals surface area (Å²) in [5.74, 6) is 1.39. The Morgan fingerprint density at radius 2 is 2.03 bits per heavy atom. The van der Waals surface area contributed by atoms with Gasteiger partial charge in [-0.3, -0.25) is 9.52 Å². The molecule has 2 N–H and O–H groups in total. The van der Waals surface area contributed by atoms with Crippen molar-refractivity contribution in [1.82, 2.24) is 14.7 Å². The number of H-pyrrole nitrogens is 1. The summed E-state index contributed by atoms with van der Waals surface area (Å²) in [7, 11) is -1.31. The number of thiophene rings is 1. The highest BCUT2D eigenvalue weighted by molar-refractivity contribution is 7.83. The number of benzene rings is 1. The van der Waals surface area contributed by atoms with Gasteiger partial charge in [0.25, 0.3) is 0 Å². The Morgan fingerprint density at radius 3 is 2.67 bits per heavy atom. The van der Waals surface area contributed by atoms with Crippen LogP contribution in [0.4, 0.5) is 5.95 Å². The number of aromatic amines is 1. The Kier molecular flexibility index (Phi) is 7.81. The minimum atomic E-state index is -1.31. The standard InChI is InChI=1S/C22H28N4O2S2/c1-4-30(28)25-21(27)11-12-26(15-19-6-5-13-29-19)22-23-14-20(24-22)18-9-7-17(8-10-18)16(2)3/h5-10,13-14,16H,4,11-12,15H2,1-3H3,(H,23,24)(H,25,27). The van der Waals surface area contributed by atoms with Crippen molar-refractivity contribution in [3.63, 3.8) is 0 Å². The fraction of sp³-hybridized carbons (Fsp3) is 0.364. The molecule has 30 heavy (non-hydrogen) atoms. The van der Waals surface area contributed by atoms with E-state index in [1.807, 2.05) is 22.5 Å². The number of nitrogens with zero attached hydrogens (tertiary/aromatic N) is 2. The van der Waals surface area contributed by atoms with Gasteiger partial charge in [0.2, 0.25) is 11.9 Å². The first kappa shape index (κ1) is 22.2. The first-order valence-corrected chi connectivity index (χ1v) is 12.3. The third kappa shape index (κ3) is 6.03. The SMILES string of the molecule is CCS(=O)NC(=O)CCN(Cc1cccs1)c1ncc(-c2ccc(C(C)C)cc2)[nH]1. The van der Waals surface area contributed by atoms with Gasteiger partial charge < -0.3 is 9.88 Å². The smallest absolute Gasteiger partial charge is 0.233 e. The average Bonchev–Trinajstić information content (AvgIpc) is 3.43. The molecule has 0 radical (unpaired) electrons. The molecule has 1 amide bonds. The van der Waals surface area contributed by atoms with Gasteiger partial charge in [-0.25, -0.2) is 9.19 Å². The molecule has 0 aliphatic carbocycles. The predicted octanol–water partition coefficient (Wildman–Crippen LogP) is 4.46. The monoisotopic (exact) mass is 444 g/mol. The zero-order valence-electron chi connectivity index (χ0n) is 17.6. The number of carbonyl (C=O) groups excluding carboxylic acids is 1. The lowest BCUT2D eigenvalue weighted by molar-refractivity contribution is -0.119. The number of anilines is 1. The summed E-state index contributed by atoms with van der Waals surface area (Å²) in [5.41, 5.74) is 3.31. The summed E-state index contributed by atoms with van der Waals surface area (Å²) in [4.78, 5) is 23.3. The van der Waals surface area contributed by atoms with E-state index in [0.717, 1.165) is 17.2 Å². The van der Waals surface area contributed by atoms with Crippen LogP contribution >= 0.6 is 11.3 Å². The molecule has 1 unspecified atom stereocenters. The molecule has 0 aliphatic heterocycles. The lowest BCUT2D eigenvalue weighted by Crippen LogP contribution is -2.32. The van der Waals surface area contributed by atoms with Crippen molar-refractivity contribution < 1.29 is 9.00 Å². The number of aromatic nitrogens is 2. The Morgan fingerprint density at radius 1 is 1.27 bits per heavy atom. The number of hydrogen-bond acceptors (Lipinski definition) is 5. The van der Waals surface area contributed by atoms with E-state index in [1.54, 1.807) is 18.3 Å². The molecule has 0 spiro atoms. The summed E-state index contributed by atoms with van der Waals surface area (Å²) >= 11 is 1.67. The van der Waals surface area contributed by atoms with Crippen molar-refractivity contribution in [2.45, 2.75) is 39.7 Å². The molecule has 1 aromatic carbocycles. The average molecular weight is 445 g/mol. The Hall–Kier alpha value is -2.45. The summed E-state index contributed by atoms with van der Waals surface area (Å²) in [5, 5.41) is 2.04. The van der Waals surface area contributed by atoms with Crippen molar-refractivity contribution >= 4 is 34.2 Å². The lowest BCUT2D eigenvalue weighted by Gasteiger charge is -2.21. The zero-order valence-corrected chi connectivity index (χ0v) is 19.2. The summed E-state index contributed by atoms with van der Waals surface area (Å²) in [6.45, 7) is 7.26. The van der Waals surface area contributed by atoms with Crippen LogP contribution in [0.15, 0.2) is 48.0 Å². The number of rotatable bonds is 10. The Bertz CT molecular complexity index is 965. The van der Waals surface area contributed by atoms with Gasteiger partial charge in [-0.1, -0.05) is 51.1 Å².